The van der Waals surface area contributed by atoms with Crippen LogP contribution in [0.4, 0.5) is 0 Å². The first kappa shape index (κ1) is 14.9. The summed E-state index contributed by atoms with van der Waals surface area (Å²) in [4.78, 5) is 0. The summed E-state index contributed by atoms with van der Waals surface area (Å²) < 4.78 is 24.1. The minimum Gasteiger partial charge on any atom is -0.388 e. The van der Waals surface area contributed by atoms with Gasteiger partial charge in [-0.3, -0.25) is 0 Å². The molecule has 0 aromatic rings. The van der Waals surface area contributed by atoms with Crippen LogP contribution in [0.25, 0.3) is 0 Å². The molecule has 1 rings (SSSR count). The van der Waals surface area contributed by atoms with Crippen molar-refractivity contribution < 1.29 is 13.5 Å². The van der Waals surface area contributed by atoms with E-state index in [9.17, 15) is 13.5 Å². The minimum atomic E-state index is -3.12. The van der Waals surface area contributed by atoms with E-state index in [1.165, 1.54) is 10.6 Å². The molecule has 0 aromatic heterocycles. The normalized spacial score (nSPS) is 22.6. The summed E-state index contributed by atoms with van der Waals surface area (Å²) in [6, 6.07) is 0. The number of β-amino-alcohol motifs (C(OH)–C–C–N with tert-alkyl or cyclic N) is 1. The maximum atomic E-state index is 11.3. The molecule has 6 heteroatoms. The maximum Gasteiger partial charge on any atom is 0.211 e. The fraction of sp³-hybridized carbons (Fsp3) is 1.00. The molecular weight excluding hydrogens is 240 g/mol. The molecule has 1 heterocycles. The lowest BCUT2D eigenvalue weighted by molar-refractivity contribution is -0.00818. The molecule has 0 saturated carbocycles. The van der Waals surface area contributed by atoms with Gasteiger partial charge < -0.3 is 10.4 Å². The van der Waals surface area contributed by atoms with Crippen LogP contribution in [0.1, 0.15) is 33.6 Å². The van der Waals surface area contributed by atoms with E-state index in [1.807, 2.05) is 20.8 Å². The lowest BCUT2D eigenvalue weighted by Crippen LogP contribution is -2.53. The Labute approximate surface area is 104 Å². The average molecular weight is 264 g/mol. The van der Waals surface area contributed by atoms with Gasteiger partial charge in [0.25, 0.3) is 0 Å². The van der Waals surface area contributed by atoms with E-state index < -0.39 is 15.6 Å². The Hall–Kier alpha value is -0.170. The molecule has 0 radical (unpaired) electrons. The van der Waals surface area contributed by atoms with Gasteiger partial charge >= 0.3 is 0 Å². The predicted octanol–water partition coefficient (Wildman–Crippen LogP) is 0.161. The SMILES string of the molecule is CC(C)(C)NCC1(O)CCN(S(C)(=O)=O)CC1. The van der Waals surface area contributed by atoms with Crippen molar-refractivity contribution in [1.82, 2.24) is 9.62 Å². The number of nitrogens with zero attached hydrogens (tertiary/aromatic N) is 1. The van der Waals surface area contributed by atoms with Crippen molar-refractivity contribution in [1.29, 1.82) is 0 Å². The third-order valence-electron chi connectivity index (χ3n) is 3.07. The van der Waals surface area contributed by atoms with Gasteiger partial charge in [0.15, 0.2) is 0 Å². The second-order valence-electron chi connectivity index (χ2n) is 5.99. The smallest absolute Gasteiger partial charge is 0.211 e. The number of sulfonamides is 1. The van der Waals surface area contributed by atoms with Crippen molar-refractivity contribution in [3.63, 3.8) is 0 Å². The number of hydrogen-bond acceptors (Lipinski definition) is 4. The van der Waals surface area contributed by atoms with Gasteiger partial charge in [-0.2, -0.15) is 0 Å². The zero-order chi connectivity index (χ0) is 13.3. The van der Waals surface area contributed by atoms with E-state index >= 15 is 0 Å². The van der Waals surface area contributed by atoms with Crippen LogP contribution in [0.15, 0.2) is 0 Å². The zero-order valence-electron chi connectivity index (χ0n) is 11.2. The first-order chi connectivity index (χ1) is 7.52. The maximum absolute atomic E-state index is 11.3. The molecule has 0 atom stereocenters. The Morgan fingerprint density at radius 1 is 1.29 bits per heavy atom. The van der Waals surface area contributed by atoms with Gasteiger partial charge in [-0.05, 0) is 33.6 Å². The van der Waals surface area contributed by atoms with Gasteiger partial charge in [0.05, 0.1) is 11.9 Å². The van der Waals surface area contributed by atoms with Crippen molar-refractivity contribution >= 4 is 10.0 Å². The third-order valence-corrected chi connectivity index (χ3v) is 4.37. The standard InChI is InChI=1S/C11H24N2O3S/c1-10(2,3)12-9-11(14)5-7-13(8-6-11)17(4,15)16/h12,14H,5-9H2,1-4H3. The number of piperidine rings is 1. The van der Waals surface area contributed by atoms with Crippen molar-refractivity contribution in [3.8, 4) is 0 Å². The summed E-state index contributed by atoms with van der Waals surface area (Å²) in [6.45, 7) is 7.45. The van der Waals surface area contributed by atoms with Crippen molar-refractivity contribution in [3.05, 3.63) is 0 Å². The topological polar surface area (TPSA) is 69.6 Å². The highest BCUT2D eigenvalue weighted by Gasteiger charge is 2.35. The largest absolute Gasteiger partial charge is 0.388 e. The molecule has 1 fully saturated rings. The van der Waals surface area contributed by atoms with Crippen LogP contribution in [-0.2, 0) is 10.0 Å². The van der Waals surface area contributed by atoms with E-state index in [2.05, 4.69) is 5.32 Å². The van der Waals surface area contributed by atoms with Gasteiger partial charge in [-0.15, -0.1) is 0 Å². The molecule has 1 aliphatic rings. The van der Waals surface area contributed by atoms with E-state index in [-0.39, 0.29) is 5.54 Å². The fourth-order valence-electron chi connectivity index (χ4n) is 1.84. The second-order valence-corrected chi connectivity index (χ2v) is 7.97. The summed E-state index contributed by atoms with van der Waals surface area (Å²) in [5.74, 6) is 0. The third kappa shape index (κ3) is 4.91. The molecule has 0 aromatic carbocycles. The van der Waals surface area contributed by atoms with Crippen LogP contribution in [0.2, 0.25) is 0 Å². The van der Waals surface area contributed by atoms with Crippen LogP contribution in [0, 0.1) is 0 Å². The van der Waals surface area contributed by atoms with Gasteiger partial charge in [0.1, 0.15) is 0 Å². The Kier molecular flexibility index (Phi) is 4.24. The van der Waals surface area contributed by atoms with Crippen molar-refractivity contribution in [2.24, 2.45) is 0 Å². The quantitative estimate of drug-likeness (QED) is 0.762. The summed E-state index contributed by atoms with van der Waals surface area (Å²) in [7, 11) is -3.12. The Morgan fingerprint density at radius 2 is 1.76 bits per heavy atom. The fourth-order valence-corrected chi connectivity index (χ4v) is 2.69. The van der Waals surface area contributed by atoms with E-state index in [1.54, 1.807) is 0 Å². The highest BCUT2D eigenvalue weighted by molar-refractivity contribution is 7.88. The lowest BCUT2D eigenvalue weighted by atomic mass is 9.91. The first-order valence-corrected chi connectivity index (χ1v) is 7.79. The van der Waals surface area contributed by atoms with Crippen LogP contribution in [0.3, 0.4) is 0 Å². The lowest BCUT2D eigenvalue weighted by Gasteiger charge is -2.38. The number of hydrogen-bond donors (Lipinski definition) is 2. The Morgan fingerprint density at radius 3 is 2.12 bits per heavy atom. The summed E-state index contributed by atoms with van der Waals surface area (Å²) in [6.07, 6.45) is 2.19. The highest BCUT2D eigenvalue weighted by Crippen LogP contribution is 2.23. The summed E-state index contributed by atoms with van der Waals surface area (Å²) in [5, 5.41) is 13.6. The van der Waals surface area contributed by atoms with Crippen LogP contribution >= 0.6 is 0 Å². The number of nitrogens with one attached hydrogen (secondary N) is 1. The molecule has 1 saturated heterocycles. The molecule has 0 aliphatic carbocycles. The van der Waals surface area contributed by atoms with Crippen LogP contribution in [0.5, 0.6) is 0 Å². The number of aliphatic hydroxyl groups is 1. The highest BCUT2D eigenvalue weighted by atomic mass is 32.2. The molecule has 17 heavy (non-hydrogen) atoms. The van der Waals surface area contributed by atoms with Gasteiger partial charge in [-0.1, -0.05) is 0 Å². The van der Waals surface area contributed by atoms with Gasteiger partial charge in [-0.25, -0.2) is 12.7 Å². The molecule has 102 valence electrons. The van der Waals surface area contributed by atoms with Gasteiger partial charge in [0, 0.05) is 25.2 Å². The molecule has 0 bridgehead atoms. The van der Waals surface area contributed by atoms with E-state index in [0.29, 0.717) is 32.5 Å². The number of rotatable bonds is 3. The van der Waals surface area contributed by atoms with Crippen LogP contribution < -0.4 is 5.32 Å². The molecular formula is C11H24N2O3S. The molecule has 0 amide bonds. The Balaban J connectivity index is 2.50. The molecule has 5 nitrogen and oxygen atoms in total. The molecule has 0 unspecified atom stereocenters. The predicted molar refractivity (Wildman–Crippen MR) is 68.4 cm³/mol. The monoisotopic (exact) mass is 264 g/mol. The molecule has 0 spiro atoms. The minimum absolute atomic E-state index is 0.0380. The zero-order valence-corrected chi connectivity index (χ0v) is 12.0. The van der Waals surface area contributed by atoms with Gasteiger partial charge in [0.2, 0.25) is 10.0 Å². The Bertz CT molecular complexity index is 351. The summed E-state index contributed by atoms with van der Waals surface area (Å²) >= 11 is 0. The van der Waals surface area contributed by atoms with Crippen molar-refractivity contribution in [2.75, 3.05) is 25.9 Å². The second kappa shape index (κ2) is 4.84. The average Bonchev–Trinajstić information content (AvgIpc) is 2.13. The summed E-state index contributed by atoms with van der Waals surface area (Å²) in [5.41, 5.74) is -0.821. The van der Waals surface area contributed by atoms with E-state index in [0.717, 1.165) is 0 Å². The van der Waals surface area contributed by atoms with Crippen molar-refractivity contribution in [2.45, 2.75) is 44.8 Å². The first-order valence-electron chi connectivity index (χ1n) is 5.94. The molecule has 2 N–H and O–H groups in total. The van der Waals surface area contributed by atoms with E-state index in [4.69, 9.17) is 0 Å². The van der Waals surface area contributed by atoms with Crippen LogP contribution in [-0.4, -0.2) is 54.9 Å². The molecule has 1 aliphatic heterocycles.